The van der Waals surface area contributed by atoms with Gasteiger partial charge in [-0.1, -0.05) is 18.2 Å². The zero-order valence-electron chi connectivity index (χ0n) is 20.0. The maximum Gasteiger partial charge on any atom is 0.419 e. The Bertz CT molecular complexity index is 1410. The van der Waals surface area contributed by atoms with Gasteiger partial charge >= 0.3 is 6.09 Å². The lowest BCUT2D eigenvalue weighted by molar-refractivity contribution is -0.117. The van der Waals surface area contributed by atoms with Crippen molar-refractivity contribution in [1.82, 2.24) is 4.98 Å². The van der Waals surface area contributed by atoms with Crippen LogP contribution in [0.4, 0.5) is 21.9 Å². The van der Waals surface area contributed by atoms with Crippen LogP contribution in [0.5, 0.6) is 5.75 Å². The van der Waals surface area contributed by atoms with Crippen LogP contribution in [-0.4, -0.2) is 50.3 Å². The molecule has 1 atom stereocenters. The van der Waals surface area contributed by atoms with Gasteiger partial charge in [-0.2, -0.15) is 0 Å². The van der Waals surface area contributed by atoms with E-state index in [2.05, 4.69) is 4.98 Å². The van der Waals surface area contributed by atoms with Crippen LogP contribution < -0.4 is 18.8 Å². The number of nitrogens with zero attached hydrogens (tertiary/aromatic N) is 4. The van der Waals surface area contributed by atoms with E-state index in [-0.39, 0.29) is 24.2 Å². The number of fused-ring (bicyclic) bond motifs is 1. The Morgan fingerprint density at radius 2 is 1.78 bits per heavy atom. The minimum absolute atomic E-state index is 0.118. The number of rotatable bonds is 3. The van der Waals surface area contributed by atoms with Crippen molar-refractivity contribution in [3.8, 4) is 16.9 Å². The van der Waals surface area contributed by atoms with Crippen molar-refractivity contribution < 1.29 is 22.7 Å². The molecular weight excluding hydrogens is 480 g/mol. The van der Waals surface area contributed by atoms with E-state index in [1.54, 1.807) is 35.4 Å². The second kappa shape index (κ2) is 9.27. The van der Waals surface area contributed by atoms with E-state index in [1.807, 2.05) is 37.3 Å². The first-order chi connectivity index (χ1) is 17.2. The highest BCUT2D eigenvalue weighted by Crippen LogP contribution is 2.39. The van der Waals surface area contributed by atoms with Crippen molar-refractivity contribution in [2.75, 3.05) is 32.9 Å². The zero-order valence-corrected chi connectivity index (χ0v) is 20.8. The number of hydrogen-bond acceptors (Lipinski definition) is 6. The lowest BCUT2D eigenvalue weighted by Crippen LogP contribution is -2.52. The molecular formula is C26H26N4O5S. The predicted octanol–water partition coefficient (Wildman–Crippen LogP) is 4.05. The smallest absolute Gasteiger partial charge is 0.408 e. The van der Waals surface area contributed by atoms with Gasteiger partial charge < -0.3 is 9.64 Å². The minimum atomic E-state index is -3.26. The van der Waals surface area contributed by atoms with Crippen molar-refractivity contribution in [3.63, 3.8) is 0 Å². The molecule has 9 nitrogen and oxygen atoms in total. The van der Waals surface area contributed by atoms with Crippen LogP contribution >= 0.6 is 0 Å². The lowest BCUT2D eigenvalue weighted by Gasteiger charge is -2.40. The normalized spacial score (nSPS) is 18.6. The third-order valence-electron chi connectivity index (χ3n) is 6.40. The Labute approximate surface area is 210 Å². The van der Waals surface area contributed by atoms with E-state index >= 15 is 0 Å². The monoisotopic (exact) mass is 506 g/mol. The van der Waals surface area contributed by atoms with Crippen LogP contribution in [0.15, 0.2) is 67.0 Å². The van der Waals surface area contributed by atoms with Gasteiger partial charge in [-0.15, -0.1) is 0 Å². The average Bonchev–Trinajstić information content (AvgIpc) is 3.22. The topological polar surface area (TPSA) is 100 Å². The summed E-state index contributed by atoms with van der Waals surface area (Å²) in [5, 5.41) is 0. The Morgan fingerprint density at radius 1 is 1.03 bits per heavy atom. The highest BCUT2D eigenvalue weighted by Gasteiger charge is 2.35. The number of carbonyl (C=O) groups excluding carboxylic acids is 2. The molecule has 2 aliphatic rings. The maximum absolute atomic E-state index is 13.2. The summed E-state index contributed by atoms with van der Waals surface area (Å²) in [6.07, 6.45) is 3.11. The minimum Gasteiger partial charge on any atom is -0.408 e. The molecule has 0 bridgehead atoms. The van der Waals surface area contributed by atoms with Gasteiger partial charge in [0.25, 0.3) is 0 Å². The molecule has 0 aliphatic carbocycles. The zero-order chi connectivity index (χ0) is 25.4. The number of ether oxygens (including phenoxy) is 1. The van der Waals surface area contributed by atoms with E-state index in [9.17, 15) is 18.0 Å². The molecule has 186 valence electrons. The molecule has 2 amide bonds. The fraction of sp³-hybridized carbons (Fsp3) is 0.269. The van der Waals surface area contributed by atoms with Gasteiger partial charge in [0, 0.05) is 26.2 Å². The van der Waals surface area contributed by atoms with E-state index in [1.165, 1.54) is 22.3 Å². The summed E-state index contributed by atoms with van der Waals surface area (Å²) < 4.78 is 31.5. The molecule has 2 aromatic carbocycles. The Morgan fingerprint density at radius 3 is 2.42 bits per heavy atom. The fourth-order valence-corrected chi connectivity index (χ4v) is 6.33. The molecule has 5 rings (SSSR count). The van der Waals surface area contributed by atoms with Crippen LogP contribution in [0.1, 0.15) is 20.3 Å². The van der Waals surface area contributed by atoms with Crippen LogP contribution in [0, 0.1) is 0 Å². The van der Waals surface area contributed by atoms with Gasteiger partial charge in [0.2, 0.25) is 15.9 Å². The van der Waals surface area contributed by atoms with Gasteiger partial charge in [-0.05, 0) is 60.9 Å². The van der Waals surface area contributed by atoms with Gasteiger partial charge in [0.1, 0.15) is 0 Å². The summed E-state index contributed by atoms with van der Waals surface area (Å²) in [6.45, 7) is 4.13. The number of aromatic nitrogens is 1. The third-order valence-corrected chi connectivity index (χ3v) is 8.27. The fourth-order valence-electron chi connectivity index (χ4n) is 4.77. The molecule has 2 aliphatic heterocycles. The van der Waals surface area contributed by atoms with Crippen LogP contribution in [-0.2, 0) is 14.8 Å². The van der Waals surface area contributed by atoms with Crippen molar-refractivity contribution in [2.45, 2.75) is 26.3 Å². The first-order valence-electron chi connectivity index (χ1n) is 11.7. The number of anilines is 3. The number of hydrogen-bond donors (Lipinski definition) is 0. The highest BCUT2D eigenvalue weighted by atomic mass is 32.2. The van der Waals surface area contributed by atoms with Crippen LogP contribution in [0.25, 0.3) is 11.1 Å². The molecule has 36 heavy (non-hydrogen) atoms. The molecule has 3 aromatic rings. The molecule has 1 saturated heterocycles. The molecule has 0 spiro atoms. The quantitative estimate of drug-likeness (QED) is 0.531. The predicted molar refractivity (Wildman–Crippen MR) is 138 cm³/mol. The van der Waals surface area contributed by atoms with Crippen LogP contribution in [0.3, 0.4) is 0 Å². The molecule has 0 N–H and O–H groups in total. The maximum atomic E-state index is 13.2. The molecule has 3 heterocycles. The third kappa shape index (κ3) is 4.39. The van der Waals surface area contributed by atoms with Gasteiger partial charge in [-0.3, -0.25) is 19.0 Å². The average molecular weight is 507 g/mol. The van der Waals surface area contributed by atoms with E-state index in [0.717, 1.165) is 11.1 Å². The second-order valence-corrected chi connectivity index (χ2v) is 10.9. The Hall–Kier alpha value is -3.92. The second-order valence-electron chi connectivity index (χ2n) is 8.90. The number of amides is 2. The summed E-state index contributed by atoms with van der Waals surface area (Å²) in [5.41, 5.74) is 3.48. The molecule has 0 radical (unpaired) electrons. The van der Waals surface area contributed by atoms with E-state index < -0.39 is 16.1 Å². The summed E-state index contributed by atoms with van der Waals surface area (Å²) in [5.74, 6) is 0.373. The molecule has 1 aromatic heterocycles. The molecule has 1 unspecified atom stereocenters. The number of sulfonamides is 1. The number of benzene rings is 2. The van der Waals surface area contributed by atoms with E-state index in [4.69, 9.17) is 4.74 Å². The molecule has 1 fully saturated rings. The summed E-state index contributed by atoms with van der Waals surface area (Å²) in [7, 11) is -3.26. The number of carbonyl (C=O) groups is 2. The highest BCUT2D eigenvalue weighted by molar-refractivity contribution is 7.93. The molecule has 10 heteroatoms. The van der Waals surface area contributed by atoms with Gasteiger partial charge in [0.15, 0.2) is 5.75 Å². The first kappa shape index (κ1) is 23.8. The van der Waals surface area contributed by atoms with Crippen molar-refractivity contribution in [3.05, 3.63) is 67.0 Å². The van der Waals surface area contributed by atoms with Crippen molar-refractivity contribution in [2.24, 2.45) is 0 Å². The molecule has 0 saturated carbocycles. The first-order valence-corrected chi connectivity index (χ1v) is 13.3. The number of pyridine rings is 1. The Kier molecular flexibility index (Phi) is 6.13. The summed E-state index contributed by atoms with van der Waals surface area (Å²) >= 11 is 0. The standard InChI is InChI=1S/C26H26N4O5S/c1-18-17-28(26(32)35-23-5-3-12-27-16-23)25-15-21(8-11-24(25)30(18)19(2)31)20-6-9-22(10-7-20)29-13-4-14-36(29,33)34/h3,5-12,15-16,18H,4,13-14,17H2,1-2H3. The largest absolute Gasteiger partial charge is 0.419 e. The lowest BCUT2D eigenvalue weighted by atomic mass is 10.0. The summed E-state index contributed by atoms with van der Waals surface area (Å²) in [6, 6.07) is 15.9. The van der Waals surface area contributed by atoms with Crippen LogP contribution in [0.2, 0.25) is 0 Å². The SMILES string of the molecule is CC(=O)N1c2ccc(-c3ccc(N4CCCS4(=O)=O)cc3)cc2N(C(=O)Oc2cccnc2)CC1C. The van der Waals surface area contributed by atoms with E-state index in [0.29, 0.717) is 35.8 Å². The van der Waals surface area contributed by atoms with Crippen molar-refractivity contribution in [1.29, 1.82) is 0 Å². The Balaban J connectivity index is 1.50. The van der Waals surface area contributed by atoms with Crippen molar-refractivity contribution >= 4 is 39.1 Å². The van der Waals surface area contributed by atoms with Gasteiger partial charge in [-0.25, -0.2) is 13.2 Å². The van der Waals surface area contributed by atoms with Gasteiger partial charge in [0.05, 0.1) is 35.1 Å². The summed E-state index contributed by atoms with van der Waals surface area (Å²) in [4.78, 5) is 32.8.